The summed E-state index contributed by atoms with van der Waals surface area (Å²) in [7, 11) is 3.12. The highest BCUT2D eigenvalue weighted by Gasteiger charge is 2.56. The van der Waals surface area contributed by atoms with Crippen molar-refractivity contribution in [2.45, 2.75) is 160 Å². The molecule has 3 saturated heterocycles. The fourth-order valence-corrected chi connectivity index (χ4v) is 9.97. The number of piperidine rings is 2. The van der Waals surface area contributed by atoms with Crippen molar-refractivity contribution in [3.05, 3.63) is 23.3 Å². The van der Waals surface area contributed by atoms with Crippen LogP contribution in [0.15, 0.2) is 23.3 Å². The van der Waals surface area contributed by atoms with Gasteiger partial charge >= 0.3 is 5.97 Å². The predicted molar refractivity (Wildman–Crippen MR) is 211 cm³/mol. The van der Waals surface area contributed by atoms with Crippen molar-refractivity contribution in [2.75, 3.05) is 40.5 Å². The first kappa shape index (κ1) is 44.3. The van der Waals surface area contributed by atoms with E-state index < -0.39 is 59.8 Å². The third kappa shape index (κ3) is 9.73. The molecule has 314 valence electrons. The van der Waals surface area contributed by atoms with Crippen LogP contribution in [0.4, 0.5) is 0 Å². The topological polar surface area (TPSA) is 141 Å². The molecule has 2 bridgehead atoms. The van der Waals surface area contributed by atoms with E-state index in [1.807, 2.05) is 27.7 Å². The molecule has 11 atom stereocenters. The summed E-state index contributed by atoms with van der Waals surface area (Å²) >= 11 is 0. The van der Waals surface area contributed by atoms with Crippen molar-refractivity contribution in [3.8, 4) is 0 Å². The second kappa shape index (κ2) is 19.3. The van der Waals surface area contributed by atoms with Crippen LogP contribution in [0.3, 0.4) is 0 Å². The molecule has 56 heavy (non-hydrogen) atoms. The number of esters is 1. The highest BCUT2D eigenvalue weighted by molar-refractivity contribution is 6.39. The maximum atomic E-state index is 14.4. The van der Waals surface area contributed by atoms with E-state index in [4.69, 9.17) is 23.7 Å². The maximum Gasteiger partial charge on any atom is 0.329 e. The number of allylic oxidation sites excluding steroid dienone is 2. The smallest absolute Gasteiger partial charge is 0.329 e. The van der Waals surface area contributed by atoms with Gasteiger partial charge in [-0.15, -0.1) is 0 Å². The molecule has 12 nitrogen and oxygen atoms in total. The van der Waals surface area contributed by atoms with Crippen molar-refractivity contribution in [1.29, 1.82) is 0 Å². The molecule has 5 heterocycles. The Morgan fingerprint density at radius 1 is 1.04 bits per heavy atom. The Labute approximate surface area is 334 Å². The van der Waals surface area contributed by atoms with Gasteiger partial charge in [-0.3, -0.25) is 14.4 Å². The van der Waals surface area contributed by atoms with Crippen LogP contribution >= 0.6 is 0 Å². The maximum absolute atomic E-state index is 14.4. The number of hydrogen-bond acceptors (Lipinski definition) is 10. The van der Waals surface area contributed by atoms with Crippen molar-refractivity contribution < 1.29 is 52.5 Å². The van der Waals surface area contributed by atoms with Gasteiger partial charge in [-0.05, 0) is 95.1 Å². The molecule has 0 aromatic rings. The SMILES string of the molecule is CCC1C=C(C)CC(C)CC(OC)C2OC(O)(C(=O)C(=O)N3CCCCC3C(=O)OC(C(C)=CC34CCCC[N+]3=CCOC4)C(C)CCC1=O)C(C)CC2OC. The van der Waals surface area contributed by atoms with E-state index in [0.29, 0.717) is 64.6 Å². The highest BCUT2D eigenvalue weighted by Crippen LogP contribution is 2.39. The lowest BCUT2D eigenvalue weighted by Gasteiger charge is -2.47. The molecule has 0 radical (unpaired) electrons. The molecule has 5 aliphatic heterocycles. The van der Waals surface area contributed by atoms with Gasteiger partial charge in [0.15, 0.2) is 6.21 Å². The van der Waals surface area contributed by atoms with E-state index in [9.17, 15) is 24.3 Å². The van der Waals surface area contributed by atoms with Crippen LogP contribution in [-0.2, 0) is 42.9 Å². The number of ketones is 2. The molecule has 0 aromatic heterocycles. The molecule has 0 spiro atoms. The summed E-state index contributed by atoms with van der Waals surface area (Å²) in [6.45, 7) is 14.0. The molecule has 3 fully saturated rings. The third-order valence-electron chi connectivity index (χ3n) is 13.3. The zero-order valence-electron chi connectivity index (χ0n) is 35.3. The molecule has 5 aliphatic rings. The van der Waals surface area contributed by atoms with E-state index in [1.54, 1.807) is 21.1 Å². The van der Waals surface area contributed by atoms with Gasteiger partial charge in [0.05, 0.1) is 12.2 Å². The standard InChI is InChI=1S/C44H69N2O10/c1-9-33-23-28(2)22-29(3)24-36(52-7)39-37(53-8)25-32(6)44(51,56-39)40(48)41(49)46-19-12-10-14-34(46)42(50)55-38(30(4)15-16-35(33)47)31(5)26-43-17-11-13-18-45(43)20-21-54-27-43/h20,23,26,29-30,32-34,36-39,51H,9-19,21-22,24-25,27H2,1-8H3/q+1. The average molecular weight is 786 g/mol. The summed E-state index contributed by atoms with van der Waals surface area (Å²) in [5.74, 6) is -6.11. The number of fused-ring (bicyclic) bond motifs is 4. The normalized spacial score (nSPS) is 39.1. The number of amides is 1. The second-order valence-corrected chi connectivity index (χ2v) is 17.6. The lowest BCUT2D eigenvalue weighted by Crippen LogP contribution is -2.64. The average Bonchev–Trinajstić information content (AvgIpc) is 3.19. The summed E-state index contributed by atoms with van der Waals surface area (Å²) in [6, 6.07) is -1.02. The number of ether oxygens (including phenoxy) is 5. The summed E-state index contributed by atoms with van der Waals surface area (Å²) in [5, 5.41) is 12.1. The molecular weight excluding hydrogens is 716 g/mol. The summed E-state index contributed by atoms with van der Waals surface area (Å²) < 4.78 is 32.9. The lowest BCUT2D eigenvalue weighted by atomic mass is 9.82. The van der Waals surface area contributed by atoms with E-state index in [-0.39, 0.29) is 42.0 Å². The van der Waals surface area contributed by atoms with Crippen LogP contribution in [0.1, 0.15) is 119 Å². The predicted octanol–water partition coefficient (Wildman–Crippen LogP) is 5.36. The Kier molecular flexibility index (Phi) is 15.3. The summed E-state index contributed by atoms with van der Waals surface area (Å²) in [5.41, 5.74) is 1.61. The molecule has 0 aliphatic carbocycles. The number of aliphatic hydroxyl groups is 1. The van der Waals surface area contributed by atoms with Gasteiger partial charge < -0.3 is 33.7 Å². The molecule has 5 rings (SSSR count). The Balaban J connectivity index is 1.53. The molecular formula is C44H69N2O10+. The number of methoxy groups -OCH3 is 2. The number of nitrogens with zero attached hydrogens (tertiary/aromatic N) is 2. The summed E-state index contributed by atoms with van der Waals surface area (Å²) in [4.78, 5) is 58.0. The number of hydrogen-bond donors (Lipinski definition) is 1. The lowest BCUT2D eigenvalue weighted by molar-refractivity contribution is -0.613. The number of carbonyl (C=O) groups is 4. The van der Waals surface area contributed by atoms with Gasteiger partial charge in [0.2, 0.25) is 11.3 Å². The van der Waals surface area contributed by atoms with Gasteiger partial charge in [-0.25, -0.2) is 9.37 Å². The summed E-state index contributed by atoms with van der Waals surface area (Å²) in [6.07, 6.45) is 11.4. The van der Waals surface area contributed by atoms with Gasteiger partial charge in [0.1, 0.15) is 43.8 Å². The van der Waals surface area contributed by atoms with Gasteiger partial charge in [-0.1, -0.05) is 39.3 Å². The van der Waals surface area contributed by atoms with Crippen molar-refractivity contribution >= 4 is 29.7 Å². The largest absolute Gasteiger partial charge is 0.456 e. The Morgan fingerprint density at radius 3 is 2.48 bits per heavy atom. The van der Waals surface area contributed by atoms with Crippen LogP contribution in [-0.4, -0.2) is 127 Å². The van der Waals surface area contributed by atoms with Gasteiger partial charge in [0, 0.05) is 51.9 Å². The third-order valence-corrected chi connectivity index (χ3v) is 13.3. The first-order valence-corrected chi connectivity index (χ1v) is 21.3. The molecule has 0 saturated carbocycles. The minimum atomic E-state index is -2.45. The molecule has 12 heteroatoms. The van der Waals surface area contributed by atoms with Crippen molar-refractivity contribution in [2.24, 2.45) is 23.7 Å². The Bertz CT molecular complexity index is 1520. The molecule has 11 unspecified atom stereocenters. The monoisotopic (exact) mass is 785 g/mol. The molecule has 1 N–H and O–H groups in total. The quantitative estimate of drug-likeness (QED) is 0.168. The zero-order valence-corrected chi connectivity index (χ0v) is 35.3. The van der Waals surface area contributed by atoms with Crippen LogP contribution in [0.2, 0.25) is 0 Å². The zero-order chi connectivity index (χ0) is 40.8. The van der Waals surface area contributed by atoms with Crippen molar-refractivity contribution in [3.63, 3.8) is 0 Å². The molecule has 0 aromatic carbocycles. The van der Waals surface area contributed by atoms with Gasteiger partial charge in [-0.2, -0.15) is 0 Å². The fourth-order valence-electron chi connectivity index (χ4n) is 9.97. The van der Waals surface area contributed by atoms with Crippen molar-refractivity contribution in [1.82, 2.24) is 4.90 Å². The van der Waals surface area contributed by atoms with E-state index in [1.165, 1.54) is 4.90 Å². The Hall–Kier alpha value is -2.77. The first-order chi connectivity index (χ1) is 26.7. The van der Waals surface area contributed by atoms with Crippen LogP contribution in [0.5, 0.6) is 0 Å². The number of Topliss-reactive ketones (excluding diaryl/α,β-unsaturated/α-hetero) is 2. The molecule has 1 amide bonds. The highest BCUT2D eigenvalue weighted by atomic mass is 16.7. The van der Waals surface area contributed by atoms with E-state index >= 15 is 0 Å². The van der Waals surface area contributed by atoms with E-state index in [0.717, 1.165) is 37.0 Å². The first-order valence-electron chi connectivity index (χ1n) is 21.3. The van der Waals surface area contributed by atoms with Crippen LogP contribution in [0.25, 0.3) is 0 Å². The van der Waals surface area contributed by atoms with Gasteiger partial charge in [0.25, 0.3) is 11.7 Å². The second-order valence-electron chi connectivity index (χ2n) is 17.6. The minimum Gasteiger partial charge on any atom is -0.456 e. The Morgan fingerprint density at radius 2 is 1.77 bits per heavy atom. The number of cyclic esters (lactones) is 1. The van der Waals surface area contributed by atoms with Crippen LogP contribution in [0, 0.1) is 23.7 Å². The number of rotatable bonds is 5. The minimum absolute atomic E-state index is 0.100. The fraction of sp³-hybridized carbons (Fsp3) is 0.795. The van der Waals surface area contributed by atoms with Crippen LogP contribution < -0.4 is 0 Å². The van der Waals surface area contributed by atoms with E-state index in [2.05, 4.69) is 29.9 Å². The number of carbonyl (C=O) groups excluding carboxylic acids is 4.